The van der Waals surface area contributed by atoms with Crippen molar-refractivity contribution < 1.29 is 40.4 Å². The van der Waals surface area contributed by atoms with Crippen LogP contribution in [-0.4, -0.2) is 43.9 Å². The molecule has 0 spiro atoms. The molecule has 10 nitrogen and oxygen atoms in total. The SMILES string of the molecule is CCOC(=O)[C@@](NC(C)=O)(Nc1ccc(S(=O)(=O)Nc2cc(C)on2)cc1)C(F)(F)F. The second kappa shape index (κ2) is 8.83. The quantitative estimate of drug-likeness (QED) is 0.399. The fourth-order valence-corrected chi connectivity index (χ4v) is 3.42. The summed E-state index contributed by atoms with van der Waals surface area (Å²) in [7, 11) is -4.12. The highest BCUT2D eigenvalue weighted by Gasteiger charge is 2.63. The van der Waals surface area contributed by atoms with E-state index < -0.39 is 33.7 Å². The molecule has 3 N–H and O–H groups in total. The highest BCUT2D eigenvalue weighted by atomic mass is 32.2. The van der Waals surface area contributed by atoms with Gasteiger partial charge in [0.25, 0.3) is 10.0 Å². The molecule has 0 aliphatic rings. The monoisotopic (exact) mass is 464 g/mol. The summed E-state index contributed by atoms with van der Waals surface area (Å²) in [6.45, 7) is 3.28. The number of amides is 1. The zero-order valence-corrected chi connectivity index (χ0v) is 17.3. The molecule has 0 aliphatic carbocycles. The molecular weight excluding hydrogens is 445 g/mol. The lowest BCUT2D eigenvalue weighted by Gasteiger charge is -2.35. The average Bonchev–Trinajstić information content (AvgIpc) is 3.04. The highest BCUT2D eigenvalue weighted by molar-refractivity contribution is 7.92. The van der Waals surface area contributed by atoms with Gasteiger partial charge < -0.3 is 19.9 Å². The van der Waals surface area contributed by atoms with Crippen LogP contribution < -0.4 is 15.4 Å². The maximum atomic E-state index is 13.8. The van der Waals surface area contributed by atoms with Crippen molar-refractivity contribution in [2.75, 3.05) is 16.6 Å². The molecule has 170 valence electrons. The normalized spacial score (nSPS) is 13.7. The Balaban J connectivity index is 2.36. The predicted octanol–water partition coefficient (Wildman–Crippen LogP) is 2.15. The van der Waals surface area contributed by atoms with Crippen LogP contribution in [-0.2, 0) is 24.3 Å². The number of aromatic nitrogens is 1. The number of benzene rings is 1. The number of ether oxygens (including phenoxy) is 1. The molecule has 2 rings (SSSR count). The second-order valence-corrected chi connectivity index (χ2v) is 7.91. The number of carbonyl (C=O) groups excluding carboxylic acids is 2. The van der Waals surface area contributed by atoms with Gasteiger partial charge in [-0.3, -0.25) is 9.52 Å². The summed E-state index contributed by atoms with van der Waals surface area (Å²) in [4.78, 5) is 23.2. The number of carbonyl (C=O) groups is 2. The van der Waals surface area contributed by atoms with Crippen LogP contribution >= 0.6 is 0 Å². The standard InChI is InChI=1S/C17H19F3N4O6S/c1-4-29-15(26)16(17(18,19)20,21-11(3)25)22-12-5-7-13(8-6-12)31(27,28)24-14-9-10(2)30-23-14/h5-9,22H,4H2,1-3H3,(H,21,25)(H,23,24)/t16-/m1/s1. The summed E-state index contributed by atoms with van der Waals surface area (Å²) < 4.78 is 77.6. The zero-order valence-electron chi connectivity index (χ0n) is 16.5. The van der Waals surface area contributed by atoms with Crippen LogP contribution in [0.1, 0.15) is 19.6 Å². The van der Waals surface area contributed by atoms with Gasteiger partial charge in [-0.25, -0.2) is 13.2 Å². The molecule has 0 radical (unpaired) electrons. The van der Waals surface area contributed by atoms with Crippen molar-refractivity contribution in [2.45, 2.75) is 37.5 Å². The molecule has 1 heterocycles. The molecule has 0 aliphatic heterocycles. The molecule has 1 amide bonds. The van der Waals surface area contributed by atoms with Gasteiger partial charge in [-0.2, -0.15) is 13.2 Å². The second-order valence-electron chi connectivity index (χ2n) is 6.23. The van der Waals surface area contributed by atoms with Gasteiger partial charge in [-0.1, -0.05) is 5.16 Å². The number of aryl methyl sites for hydroxylation is 1. The first-order chi connectivity index (χ1) is 14.3. The molecule has 2 aromatic rings. The van der Waals surface area contributed by atoms with Crippen LogP contribution in [0.2, 0.25) is 0 Å². The van der Waals surface area contributed by atoms with Gasteiger partial charge in [-0.15, -0.1) is 0 Å². The van der Waals surface area contributed by atoms with Gasteiger partial charge in [0, 0.05) is 18.7 Å². The lowest BCUT2D eigenvalue weighted by Crippen LogP contribution is -2.69. The topological polar surface area (TPSA) is 140 Å². The van der Waals surface area contributed by atoms with Gasteiger partial charge >= 0.3 is 17.8 Å². The van der Waals surface area contributed by atoms with Crippen LogP contribution in [0.15, 0.2) is 39.8 Å². The molecule has 1 aromatic carbocycles. The van der Waals surface area contributed by atoms with Crippen molar-refractivity contribution >= 4 is 33.4 Å². The number of nitrogens with zero attached hydrogens (tertiary/aromatic N) is 1. The van der Waals surface area contributed by atoms with Crippen LogP contribution in [0.25, 0.3) is 0 Å². The number of rotatable bonds is 8. The molecule has 1 aromatic heterocycles. The number of anilines is 2. The minimum atomic E-state index is -5.29. The van der Waals surface area contributed by atoms with Crippen molar-refractivity contribution in [1.82, 2.24) is 10.5 Å². The summed E-state index contributed by atoms with van der Waals surface area (Å²) in [5, 5.41) is 6.94. The Hall–Kier alpha value is -3.29. The number of halogens is 3. The minimum absolute atomic E-state index is 0.0799. The Kier molecular flexibility index (Phi) is 6.83. The van der Waals surface area contributed by atoms with Crippen molar-refractivity contribution in [1.29, 1.82) is 0 Å². The lowest BCUT2D eigenvalue weighted by atomic mass is 10.1. The predicted molar refractivity (Wildman–Crippen MR) is 101 cm³/mol. The number of hydrogen-bond donors (Lipinski definition) is 3. The van der Waals surface area contributed by atoms with Crippen molar-refractivity contribution in [3.63, 3.8) is 0 Å². The van der Waals surface area contributed by atoms with Crippen LogP contribution in [0.4, 0.5) is 24.7 Å². The molecule has 0 bridgehead atoms. The number of nitrogens with one attached hydrogen (secondary N) is 3. The van der Waals surface area contributed by atoms with E-state index in [-0.39, 0.29) is 23.0 Å². The molecular formula is C17H19F3N4O6S. The zero-order chi connectivity index (χ0) is 23.4. The Morgan fingerprint density at radius 1 is 1.19 bits per heavy atom. The van der Waals surface area contributed by atoms with E-state index in [0.717, 1.165) is 31.2 Å². The number of alkyl halides is 3. The lowest BCUT2D eigenvalue weighted by molar-refractivity contribution is -0.207. The van der Waals surface area contributed by atoms with Gasteiger partial charge in [-0.05, 0) is 38.1 Å². The number of esters is 1. The summed E-state index contributed by atoms with van der Waals surface area (Å²) in [5.41, 5.74) is -3.89. The third kappa shape index (κ3) is 5.45. The van der Waals surface area contributed by atoms with E-state index in [1.807, 2.05) is 5.32 Å². The maximum Gasteiger partial charge on any atom is 0.441 e. The maximum absolute atomic E-state index is 13.8. The third-order valence-corrected chi connectivity index (χ3v) is 5.10. The summed E-state index contributed by atoms with van der Waals surface area (Å²) >= 11 is 0. The Labute approximate surface area is 175 Å². The van der Waals surface area contributed by atoms with Crippen LogP contribution in [0.5, 0.6) is 0 Å². The average molecular weight is 464 g/mol. The fraction of sp³-hybridized carbons (Fsp3) is 0.353. The minimum Gasteiger partial charge on any atom is -0.463 e. The Morgan fingerprint density at radius 3 is 2.26 bits per heavy atom. The molecule has 31 heavy (non-hydrogen) atoms. The van der Waals surface area contributed by atoms with Crippen LogP contribution in [0, 0.1) is 6.92 Å². The number of hydrogen-bond acceptors (Lipinski definition) is 8. The first-order valence-electron chi connectivity index (χ1n) is 8.68. The molecule has 0 fully saturated rings. The van der Waals surface area contributed by atoms with Gasteiger partial charge in [0.05, 0.1) is 11.5 Å². The van der Waals surface area contributed by atoms with Gasteiger partial charge in [0.15, 0.2) is 5.82 Å². The van der Waals surface area contributed by atoms with Gasteiger partial charge in [0.2, 0.25) is 5.91 Å². The van der Waals surface area contributed by atoms with E-state index in [1.165, 1.54) is 13.0 Å². The largest absolute Gasteiger partial charge is 0.463 e. The Morgan fingerprint density at radius 2 is 1.81 bits per heavy atom. The molecule has 14 heteroatoms. The number of sulfonamides is 1. The Bertz CT molecular complexity index is 1050. The molecule has 0 saturated carbocycles. The van der Waals surface area contributed by atoms with E-state index in [0.29, 0.717) is 5.76 Å². The molecule has 0 saturated heterocycles. The van der Waals surface area contributed by atoms with Crippen LogP contribution in [0.3, 0.4) is 0 Å². The smallest absolute Gasteiger partial charge is 0.441 e. The summed E-state index contributed by atoms with van der Waals surface area (Å²) in [5.74, 6) is -2.65. The van der Waals surface area contributed by atoms with Crippen molar-refractivity contribution in [3.8, 4) is 0 Å². The summed E-state index contributed by atoms with van der Waals surface area (Å²) in [6.07, 6.45) is -5.29. The van der Waals surface area contributed by atoms with Crippen molar-refractivity contribution in [3.05, 3.63) is 36.1 Å². The molecule has 1 atom stereocenters. The summed E-state index contributed by atoms with van der Waals surface area (Å²) in [6, 6.07) is 5.31. The highest BCUT2D eigenvalue weighted by Crippen LogP contribution is 2.33. The van der Waals surface area contributed by atoms with Crippen molar-refractivity contribution in [2.24, 2.45) is 0 Å². The van der Waals surface area contributed by atoms with E-state index in [2.05, 4.69) is 14.6 Å². The first kappa shape index (κ1) is 24.0. The van der Waals surface area contributed by atoms with E-state index in [9.17, 15) is 31.2 Å². The fourth-order valence-electron chi connectivity index (χ4n) is 2.44. The van der Waals surface area contributed by atoms with E-state index >= 15 is 0 Å². The third-order valence-electron chi connectivity index (χ3n) is 3.73. The van der Waals surface area contributed by atoms with E-state index in [4.69, 9.17) is 4.52 Å². The van der Waals surface area contributed by atoms with E-state index in [1.54, 1.807) is 12.2 Å². The molecule has 0 unspecified atom stereocenters. The first-order valence-corrected chi connectivity index (χ1v) is 10.2. The van der Waals surface area contributed by atoms with Gasteiger partial charge in [0.1, 0.15) is 5.76 Å².